The van der Waals surface area contributed by atoms with Crippen LogP contribution in [0.5, 0.6) is 11.5 Å². The molecule has 0 bridgehead atoms. The maximum absolute atomic E-state index is 5.96. The molecule has 0 fully saturated rings. The van der Waals surface area contributed by atoms with E-state index in [9.17, 15) is 0 Å². The molecule has 1 aromatic carbocycles. The molecule has 0 saturated carbocycles. The molecular weight excluding hydrogens is 441 g/mol. The number of anilines is 1. The number of nitrogens with two attached hydrogens (primary N) is 1. The van der Waals surface area contributed by atoms with Gasteiger partial charge in [0.15, 0.2) is 33.6 Å². The normalized spacial score (nSPS) is 12.9. The molecule has 9 heteroatoms. The number of hydrogen-bond donors (Lipinski definition) is 1. The number of ether oxygens (including phenoxy) is 2. The third kappa shape index (κ3) is 2.65. The third-order valence-electron chi connectivity index (χ3n) is 3.60. The Labute approximate surface area is 156 Å². The van der Waals surface area contributed by atoms with Crippen molar-refractivity contribution >= 4 is 51.3 Å². The van der Waals surface area contributed by atoms with E-state index in [-0.39, 0.29) is 6.79 Å². The molecule has 3 heterocycles. The van der Waals surface area contributed by atoms with Crippen molar-refractivity contribution in [3.63, 3.8) is 0 Å². The molecule has 0 spiro atoms. The highest BCUT2D eigenvalue weighted by Gasteiger charge is 2.20. The smallest absolute Gasteiger partial charge is 0.231 e. The van der Waals surface area contributed by atoms with Crippen molar-refractivity contribution in [1.29, 1.82) is 0 Å². The highest BCUT2D eigenvalue weighted by molar-refractivity contribution is 14.1. The van der Waals surface area contributed by atoms with Gasteiger partial charge in [0.25, 0.3) is 0 Å². The Kier molecular flexibility index (Phi) is 4.12. The van der Waals surface area contributed by atoms with Crippen molar-refractivity contribution in [3.8, 4) is 11.5 Å². The number of rotatable bonds is 4. The number of hydrogen-bond acceptors (Lipinski definition) is 7. The van der Waals surface area contributed by atoms with Crippen LogP contribution in [-0.2, 0) is 6.54 Å². The van der Waals surface area contributed by atoms with Gasteiger partial charge >= 0.3 is 0 Å². The van der Waals surface area contributed by atoms with Gasteiger partial charge in [-0.25, -0.2) is 15.0 Å². The Morgan fingerprint density at radius 1 is 1.29 bits per heavy atom. The Hall–Kier alpha value is -1.75. The Morgan fingerprint density at radius 2 is 2.08 bits per heavy atom. The molecule has 124 valence electrons. The zero-order valence-electron chi connectivity index (χ0n) is 12.8. The minimum absolute atomic E-state index is 0.264. The van der Waals surface area contributed by atoms with Crippen molar-refractivity contribution in [3.05, 3.63) is 22.0 Å². The molecule has 4 rings (SSSR count). The molecule has 3 aromatic rings. The van der Waals surface area contributed by atoms with E-state index in [4.69, 9.17) is 15.2 Å². The minimum Gasteiger partial charge on any atom is -0.454 e. The summed E-state index contributed by atoms with van der Waals surface area (Å²) < 4.78 is 14.1. The summed E-state index contributed by atoms with van der Waals surface area (Å²) in [5.41, 5.74) is 7.37. The van der Waals surface area contributed by atoms with E-state index in [1.807, 2.05) is 12.1 Å². The summed E-state index contributed by atoms with van der Waals surface area (Å²) in [6.07, 6.45) is 2.45. The molecule has 1 aliphatic rings. The second kappa shape index (κ2) is 6.28. The molecule has 1 aliphatic heterocycles. The van der Waals surface area contributed by atoms with Gasteiger partial charge in [-0.2, -0.15) is 0 Å². The van der Waals surface area contributed by atoms with Crippen LogP contribution < -0.4 is 15.2 Å². The fourth-order valence-corrected chi connectivity index (χ4v) is 4.22. The maximum Gasteiger partial charge on any atom is 0.231 e. The SMILES string of the molecule is CCCn1c(Sc2cc3c(cc2I)OCO3)nc2c(N)ncnc21. The lowest BCUT2D eigenvalue weighted by molar-refractivity contribution is 0.174. The van der Waals surface area contributed by atoms with Crippen LogP contribution in [0.1, 0.15) is 13.3 Å². The maximum atomic E-state index is 5.96. The van der Waals surface area contributed by atoms with Gasteiger partial charge in [0, 0.05) is 15.0 Å². The van der Waals surface area contributed by atoms with Crippen molar-refractivity contribution in [2.45, 2.75) is 29.9 Å². The molecule has 0 saturated heterocycles. The van der Waals surface area contributed by atoms with Gasteiger partial charge in [-0.05, 0) is 41.1 Å². The second-order valence-corrected chi connectivity index (χ2v) is 7.39. The van der Waals surface area contributed by atoms with Crippen molar-refractivity contribution in [2.24, 2.45) is 0 Å². The van der Waals surface area contributed by atoms with Gasteiger partial charge in [0.05, 0.1) is 0 Å². The van der Waals surface area contributed by atoms with Crippen LogP contribution in [-0.4, -0.2) is 26.3 Å². The van der Waals surface area contributed by atoms with E-state index in [2.05, 4.69) is 49.0 Å². The zero-order valence-corrected chi connectivity index (χ0v) is 15.8. The average molecular weight is 455 g/mol. The van der Waals surface area contributed by atoms with Gasteiger partial charge in [-0.1, -0.05) is 18.7 Å². The first-order valence-corrected chi connectivity index (χ1v) is 9.30. The number of aromatic nitrogens is 4. The third-order valence-corrected chi connectivity index (χ3v) is 5.91. The first kappa shape index (κ1) is 15.8. The molecule has 0 aliphatic carbocycles. The molecule has 2 aromatic heterocycles. The summed E-state index contributed by atoms with van der Waals surface area (Å²) >= 11 is 3.86. The van der Waals surface area contributed by atoms with E-state index in [0.29, 0.717) is 11.3 Å². The lowest BCUT2D eigenvalue weighted by atomic mass is 10.3. The first-order valence-electron chi connectivity index (χ1n) is 7.41. The minimum atomic E-state index is 0.264. The predicted molar refractivity (Wildman–Crippen MR) is 99.4 cm³/mol. The van der Waals surface area contributed by atoms with Gasteiger partial charge in [-0.3, -0.25) is 0 Å². The standard InChI is InChI=1S/C15H14IN5O2S/c1-2-3-21-14-12(13(17)18-6-19-14)20-15(21)24-11-5-10-9(4-8(11)16)22-7-23-10/h4-6H,2-3,7H2,1H3,(H2,17,18,19). The molecule has 0 radical (unpaired) electrons. The second-order valence-electron chi connectivity index (χ2n) is 5.22. The van der Waals surface area contributed by atoms with Gasteiger partial charge in [0.1, 0.15) is 6.33 Å². The number of nitrogen functional groups attached to an aromatic ring is 1. The highest BCUT2D eigenvalue weighted by Crippen LogP contribution is 2.41. The van der Waals surface area contributed by atoms with Gasteiger partial charge in [0.2, 0.25) is 6.79 Å². The fraction of sp³-hybridized carbons (Fsp3) is 0.267. The van der Waals surface area contributed by atoms with Crippen LogP contribution in [0.4, 0.5) is 5.82 Å². The number of aryl methyl sites for hydroxylation is 1. The summed E-state index contributed by atoms with van der Waals surface area (Å²) in [6, 6.07) is 3.96. The van der Waals surface area contributed by atoms with Crippen molar-refractivity contribution < 1.29 is 9.47 Å². The van der Waals surface area contributed by atoms with Crippen LogP contribution in [0.15, 0.2) is 28.5 Å². The zero-order chi connectivity index (χ0) is 16.7. The summed E-state index contributed by atoms with van der Waals surface area (Å²) in [5, 5.41) is 0.843. The van der Waals surface area contributed by atoms with E-state index < -0.39 is 0 Å². The molecule has 0 atom stereocenters. The van der Waals surface area contributed by atoms with E-state index in [1.54, 1.807) is 11.8 Å². The van der Waals surface area contributed by atoms with E-state index >= 15 is 0 Å². The number of halogens is 1. The van der Waals surface area contributed by atoms with E-state index in [0.717, 1.165) is 43.7 Å². The molecule has 0 amide bonds. The monoisotopic (exact) mass is 455 g/mol. The summed E-state index contributed by atoms with van der Waals surface area (Å²) in [4.78, 5) is 14.1. The predicted octanol–water partition coefficient (Wildman–Crippen LogP) is 3.30. The van der Waals surface area contributed by atoms with Crippen LogP contribution in [0.25, 0.3) is 11.2 Å². The molecule has 24 heavy (non-hydrogen) atoms. The fourth-order valence-electron chi connectivity index (χ4n) is 2.51. The first-order chi connectivity index (χ1) is 11.7. The Balaban J connectivity index is 1.80. The summed E-state index contributed by atoms with van der Waals surface area (Å²) in [7, 11) is 0. The van der Waals surface area contributed by atoms with Gasteiger partial charge < -0.3 is 19.8 Å². The molecular formula is C15H14IN5O2S. The van der Waals surface area contributed by atoms with Crippen molar-refractivity contribution in [2.75, 3.05) is 12.5 Å². The van der Waals surface area contributed by atoms with Gasteiger partial charge in [-0.15, -0.1) is 0 Å². The molecule has 0 unspecified atom stereocenters. The van der Waals surface area contributed by atoms with Crippen LogP contribution in [0.3, 0.4) is 0 Å². The topological polar surface area (TPSA) is 88.1 Å². The summed E-state index contributed by atoms with van der Waals surface area (Å²) in [6.45, 7) is 3.20. The van der Waals surface area contributed by atoms with E-state index in [1.165, 1.54) is 6.33 Å². The lowest BCUT2D eigenvalue weighted by Gasteiger charge is -2.08. The van der Waals surface area contributed by atoms with Crippen molar-refractivity contribution in [1.82, 2.24) is 19.5 Å². The number of imidazole rings is 1. The van der Waals surface area contributed by atoms with Crippen LogP contribution in [0.2, 0.25) is 0 Å². The van der Waals surface area contributed by atoms with Crippen LogP contribution in [0, 0.1) is 3.57 Å². The quantitative estimate of drug-likeness (QED) is 0.604. The lowest BCUT2D eigenvalue weighted by Crippen LogP contribution is -2.01. The largest absolute Gasteiger partial charge is 0.454 e. The molecule has 2 N–H and O–H groups in total. The number of fused-ring (bicyclic) bond motifs is 2. The molecule has 7 nitrogen and oxygen atoms in total. The average Bonchev–Trinajstić information content (AvgIpc) is 3.14. The number of benzene rings is 1. The highest BCUT2D eigenvalue weighted by atomic mass is 127. The van der Waals surface area contributed by atoms with Crippen LogP contribution >= 0.6 is 34.4 Å². The summed E-state index contributed by atoms with van der Waals surface area (Å²) in [5.74, 6) is 1.94. The number of nitrogens with zero attached hydrogens (tertiary/aromatic N) is 4. The Bertz CT molecular complexity index is 930. The Morgan fingerprint density at radius 3 is 2.88 bits per heavy atom.